The van der Waals surface area contributed by atoms with Crippen LogP contribution in [-0.2, 0) is 81.6 Å². The molecular weight excluding hydrogens is 865 g/mol. The normalized spacial score (nSPS) is 30.0. The first-order chi connectivity index (χ1) is 32.6. The molecule has 0 saturated carbocycles. The van der Waals surface area contributed by atoms with E-state index in [1.165, 1.54) is 13.8 Å². The fourth-order valence-corrected chi connectivity index (χ4v) is 8.59. The molecule has 17 heteroatoms. The molecule has 4 aliphatic heterocycles. The fourth-order valence-electron chi connectivity index (χ4n) is 8.59. The Morgan fingerprint density at radius 3 is 1.81 bits per heavy atom. The summed E-state index contributed by atoms with van der Waals surface area (Å²) in [5.41, 5.74) is 3.41. The van der Waals surface area contributed by atoms with E-state index in [2.05, 4.69) is 21.3 Å². The smallest absolute Gasteiger partial charge is 0.325 e. The van der Waals surface area contributed by atoms with Crippen LogP contribution < -0.4 is 21.3 Å². The van der Waals surface area contributed by atoms with Gasteiger partial charge in [-0.25, -0.2) is 0 Å². The number of hydrogen-bond acceptors (Lipinski definition) is 14. The van der Waals surface area contributed by atoms with Gasteiger partial charge >= 0.3 is 5.97 Å². The van der Waals surface area contributed by atoms with Gasteiger partial charge in [0.25, 0.3) is 0 Å². The Kier molecular flexibility index (Phi) is 16.4. The van der Waals surface area contributed by atoms with Crippen LogP contribution in [0.1, 0.15) is 49.3 Å². The highest BCUT2D eigenvalue weighted by molar-refractivity contribution is 5.95. The second kappa shape index (κ2) is 22.9. The van der Waals surface area contributed by atoms with E-state index in [1.54, 1.807) is 6.92 Å². The highest BCUT2D eigenvalue weighted by Crippen LogP contribution is 2.38. The molecule has 67 heavy (non-hydrogen) atoms. The SMILES string of the molecule is CCOC(=O)[C@H]1N[C@@H]1C(=O)N[C@@H]1O[C@H](COCc2ccccc2)[C@@H](O[C@@H]2O[C@@H]3COC(c4ccccc4)O[C@H]3[C@H](OCc3ccccc3)[C@H]2NC(C)=O)[C@H](OCc2ccccc2)[C@H]1NC(C)=O. The maximum absolute atomic E-state index is 13.8. The van der Waals surface area contributed by atoms with Crippen LogP contribution in [0.3, 0.4) is 0 Å². The average Bonchev–Trinajstić information content (AvgIpc) is 4.15. The van der Waals surface area contributed by atoms with Gasteiger partial charge in [-0.1, -0.05) is 121 Å². The first-order valence-electron chi connectivity index (χ1n) is 22.6. The molecule has 17 nitrogen and oxygen atoms in total. The van der Waals surface area contributed by atoms with E-state index < -0.39 is 97.4 Å². The van der Waals surface area contributed by atoms with E-state index in [0.29, 0.717) is 0 Å². The van der Waals surface area contributed by atoms with Crippen LogP contribution in [0.5, 0.6) is 0 Å². The minimum absolute atomic E-state index is 0.0610. The fraction of sp³-hybridized carbons (Fsp3) is 0.440. The molecule has 0 radical (unpaired) electrons. The second-order valence-electron chi connectivity index (χ2n) is 16.8. The van der Waals surface area contributed by atoms with Crippen molar-refractivity contribution in [1.29, 1.82) is 0 Å². The van der Waals surface area contributed by atoms with Crippen LogP contribution in [0.25, 0.3) is 0 Å². The first-order valence-corrected chi connectivity index (χ1v) is 22.6. The Balaban J connectivity index is 1.14. The number of esters is 1. The third-order valence-corrected chi connectivity index (χ3v) is 11.8. The monoisotopic (exact) mass is 922 g/mol. The molecule has 4 heterocycles. The van der Waals surface area contributed by atoms with Crippen LogP contribution >= 0.6 is 0 Å². The van der Waals surface area contributed by atoms with E-state index in [-0.39, 0.29) is 45.5 Å². The Bertz CT molecular complexity index is 2230. The summed E-state index contributed by atoms with van der Waals surface area (Å²) >= 11 is 0. The van der Waals surface area contributed by atoms with E-state index >= 15 is 0 Å². The number of benzene rings is 4. The van der Waals surface area contributed by atoms with Crippen molar-refractivity contribution < 1.29 is 61.8 Å². The van der Waals surface area contributed by atoms with Crippen molar-refractivity contribution >= 4 is 23.7 Å². The van der Waals surface area contributed by atoms with Gasteiger partial charge in [-0.2, -0.15) is 0 Å². The number of ether oxygens (including phenoxy) is 9. The van der Waals surface area contributed by atoms with Crippen molar-refractivity contribution in [3.05, 3.63) is 144 Å². The van der Waals surface area contributed by atoms with Crippen LogP contribution in [0, 0.1) is 0 Å². The topological polar surface area (TPSA) is 209 Å². The highest BCUT2D eigenvalue weighted by atomic mass is 16.8. The predicted octanol–water partition coefficient (Wildman–Crippen LogP) is 3.35. The standard InChI is InChI=1S/C50H58N4O13/c1-4-60-48(58)39-38(53-39)46(57)54-47-40(51-30(2)55)44(61-26-33-19-11-6-12-20-33)42(36(64-47)28-59-25-32-17-9-5-10-18-32)67-50-41(52-31(3)56)45(62-27-34-21-13-7-14-22-34)43-37(65-50)29-63-49(66-43)35-23-15-8-16-24-35/h5-24,36-45,47,49-50,53H,4,25-29H2,1-3H3,(H,51,55)(H,52,56)(H,54,57)/t36-,37-,38+,39+,40-,41-,42-,43-,44-,45-,47-,49?,50+/m1/s1. The molecule has 4 aromatic rings. The minimum atomic E-state index is -1.25. The first kappa shape index (κ1) is 47.9. The quantitative estimate of drug-likeness (QED) is 0.0786. The van der Waals surface area contributed by atoms with Gasteiger partial charge in [-0.15, -0.1) is 0 Å². The molecule has 4 fully saturated rings. The minimum Gasteiger partial charge on any atom is -0.465 e. The summed E-state index contributed by atoms with van der Waals surface area (Å²) in [7, 11) is 0. The zero-order chi connectivity index (χ0) is 46.7. The molecular formula is C50H58N4O13. The Labute approximate surface area is 389 Å². The van der Waals surface area contributed by atoms with Gasteiger partial charge in [-0.05, 0) is 23.6 Å². The molecule has 4 N–H and O–H groups in total. The molecule has 13 atom stereocenters. The van der Waals surface area contributed by atoms with Gasteiger partial charge in [0.15, 0.2) is 18.8 Å². The van der Waals surface area contributed by atoms with Crippen molar-refractivity contribution in [2.24, 2.45) is 0 Å². The lowest BCUT2D eigenvalue weighted by atomic mass is 9.93. The number of amides is 3. The Hall–Kier alpha value is -5.60. The Morgan fingerprint density at radius 2 is 1.21 bits per heavy atom. The molecule has 4 aliphatic rings. The Morgan fingerprint density at radius 1 is 0.642 bits per heavy atom. The summed E-state index contributed by atoms with van der Waals surface area (Å²) in [6.07, 6.45) is -8.71. The van der Waals surface area contributed by atoms with Gasteiger partial charge in [0.2, 0.25) is 17.7 Å². The van der Waals surface area contributed by atoms with Gasteiger partial charge in [0, 0.05) is 19.4 Å². The summed E-state index contributed by atoms with van der Waals surface area (Å²) in [5, 5.41) is 11.8. The molecule has 8 rings (SSSR count). The van der Waals surface area contributed by atoms with Crippen LogP contribution in [0.2, 0.25) is 0 Å². The molecule has 3 amide bonds. The molecule has 4 saturated heterocycles. The van der Waals surface area contributed by atoms with Crippen LogP contribution in [0.4, 0.5) is 0 Å². The van der Waals surface area contributed by atoms with E-state index in [0.717, 1.165) is 22.3 Å². The van der Waals surface area contributed by atoms with Crippen LogP contribution in [-0.4, -0.2) is 117 Å². The van der Waals surface area contributed by atoms with Crippen molar-refractivity contribution in [3.63, 3.8) is 0 Å². The number of hydrogen-bond donors (Lipinski definition) is 4. The molecule has 1 unspecified atom stereocenters. The number of carbonyl (C=O) groups excluding carboxylic acids is 4. The molecule has 0 aromatic heterocycles. The lowest BCUT2D eigenvalue weighted by molar-refractivity contribution is -0.366. The van der Waals surface area contributed by atoms with E-state index in [1.807, 2.05) is 121 Å². The van der Waals surface area contributed by atoms with Crippen molar-refractivity contribution in [2.75, 3.05) is 19.8 Å². The molecule has 0 aliphatic carbocycles. The third kappa shape index (κ3) is 12.5. The van der Waals surface area contributed by atoms with E-state index in [4.69, 9.17) is 42.6 Å². The summed E-state index contributed by atoms with van der Waals surface area (Å²) in [6, 6.07) is 34.4. The van der Waals surface area contributed by atoms with Crippen molar-refractivity contribution in [1.82, 2.24) is 21.3 Å². The molecule has 0 bridgehead atoms. The maximum Gasteiger partial charge on any atom is 0.325 e. The molecule has 4 aromatic carbocycles. The van der Waals surface area contributed by atoms with Crippen LogP contribution in [0.15, 0.2) is 121 Å². The zero-order valence-corrected chi connectivity index (χ0v) is 37.6. The summed E-state index contributed by atoms with van der Waals surface area (Å²) in [4.78, 5) is 52.7. The van der Waals surface area contributed by atoms with Crippen molar-refractivity contribution in [2.45, 2.75) is 120 Å². The van der Waals surface area contributed by atoms with Gasteiger partial charge in [0.05, 0.1) is 39.6 Å². The zero-order valence-electron chi connectivity index (χ0n) is 37.6. The molecule has 0 spiro atoms. The van der Waals surface area contributed by atoms with Gasteiger partial charge < -0.3 is 58.6 Å². The summed E-state index contributed by atoms with van der Waals surface area (Å²) in [6.45, 7) is 5.01. The van der Waals surface area contributed by atoms with Crippen molar-refractivity contribution in [3.8, 4) is 0 Å². The molecule has 356 valence electrons. The third-order valence-electron chi connectivity index (χ3n) is 11.8. The summed E-state index contributed by atoms with van der Waals surface area (Å²) < 4.78 is 58.5. The highest BCUT2D eigenvalue weighted by Gasteiger charge is 2.56. The lowest BCUT2D eigenvalue weighted by Gasteiger charge is -2.52. The second-order valence-corrected chi connectivity index (χ2v) is 16.8. The number of fused-ring (bicyclic) bond motifs is 1. The summed E-state index contributed by atoms with van der Waals surface area (Å²) in [5.74, 6) is -1.94. The largest absolute Gasteiger partial charge is 0.465 e. The number of carbonyl (C=O) groups is 4. The predicted molar refractivity (Wildman–Crippen MR) is 239 cm³/mol. The lowest BCUT2D eigenvalue weighted by Crippen LogP contribution is -2.72. The van der Waals surface area contributed by atoms with Gasteiger partial charge in [0.1, 0.15) is 60.8 Å². The maximum atomic E-state index is 13.8. The number of nitrogens with one attached hydrogen (secondary N) is 4. The van der Waals surface area contributed by atoms with E-state index in [9.17, 15) is 19.2 Å². The average molecular weight is 923 g/mol. The number of rotatable bonds is 19. The van der Waals surface area contributed by atoms with Gasteiger partial charge in [-0.3, -0.25) is 24.5 Å².